The molecule has 0 spiro atoms. The van der Waals surface area contributed by atoms with Crippen LogP contribution < -0.4 is 0 Å². The van der Waals surface area contributed by atoms with Gasteiger partial charge in [-0.15, -0.1) is 0 Å². The Labute approximate surface area is 132 Å². The molecule has 1 amide bonds. The Morgan fingerprint density at radius 2 is 1.67 bits per heavy atom. The summed E-state index contributed by atoms with van der Waals surface area (Å²) in [6.45, 7) is 0.0707. The van der Waals surface area contributed by atoms with Crippen LogP contribution in [-0.4, -0.2) is 67.7 Å². The van der Waals surface area contributed by atoms with E-state index in [-0.39, 0.29) is 11.0 Å². The highest BCUT2D eigenvalue weighted by Crippen LogP contribution is 2.38. The van der Waals surface area contributed by atoms with Crippen LogP contribution in [0.4, 0.5) is 22.0 Å². The lowest BCUT2D eigenvalue weighted by molar-refractivity contribution is -0.355. The maximum Gasteiger partial charge on any atom is 0.466 e. The molecular formula is C10H11F5NO7S-. The topological polar surface area (TPSA) is 113 Å². The van der Waals surface area contributed by atoms with Gasteiger partial charge in [0.05, 0.1) is 0 Å². The highest BCUT2D eigenvalue weighted by atomic mass is 32.2. The SMILES string of the molecule is C=CC(=O)OC(OCC(F)(F)S(=O)(=O)[O-])(C(=O)N(C)C)C(F)(F)F. The highest BCUT2D eigenvalue weighted by Gasteiger charge is 2.67. The summed E-state index contributed by atoms with van der Waals surface area (Å²) in [4.78, 5) is 23.0. The van der Waals surface area contributed by atoms with E-state index in [4.69, 9.17) is 0 Å². The predicted octanol–water partition coefficient (Wildman–Crippen LogP) is 0.217. The molecule has 0 heterocycles. The molecular weight excluding hydrogens is 373 g/mol. The van der Waals surface area contributed by atoms with Gasteiger partial charge < -0.3 is 18.9 Å². The van der Waals surface area contributed by atoms with Gasteiger partial charge in [-0.2, -0.15) is 22.0 Å². The van der Waals surface area contributed by atoms with Crippen molar-refractivity contribution in [2.24, 2.45) is 0 Å². The van der Waals surface area contributed by atoms with Crippen LogP contribution in [0, 0.1) is 0 Å². The molecule has 0 saturated heterocycles. The number of hydrogen-bond acceptors (Lipinski definition) is 7. The first-order valence-corrected chi connectivity index (χ1v) is 7.04. The lowest BCUT2D eigenvalue weighted by Gasteiger charge is -2.35. The molecule has 0 aliphatic carbocycles. The van der Waals surface area contributed by atoms with Crippen LogP contribution >= 0.6 is 0 Å². The minimum Gasteiger partial charge on any atom is -0.743 e. The van der Waals surface area contributed by atoms with E-state index in [0.29, 0.717) is 0 Å². The Morgan fingerprint density at radius 1 is 1.21 bits per heavy atom. The van der Waals surface area contributed by atoms with Crippen molar-refractivity contribution in [2.45, 2.75) is 17.2 Å². The fourth-order valence-corrected chi connectivity index (χ4v) is 1.33. The Bertz CT molecular complexity index is 616. The van der Waals surface area contributed by atoms with Crippen molar-refractivity contribution < 1.29 is 54.0 Å². The van der Waals surface area contributed by atoms with Crippen molar-refractivity contribution >= 4 is 22.0 Å². The van der Waals surface area contributed by atoms with Crippen molar-refractivity contribution in [1.82, 2.24) is 4.90 Å². The zero-order valence-corrected chi connectivity index (χ0v) is 12.9. The third-order valence-electron chi connectivity index (χ3n) is 2.28. The highest BCUT2D eigenvalue weighted by molar-refractivity contribution is 7.86. The summed E-state index contributed by atoms with van der Waals surface area (Å²) in [6.07, 6.45) is -5.72. The number of halogens is 5. The maximum absolute atomic E-state index is 13.2. The molecule has 0 saturated carbocycles. The molecule has 0 aromatic heterocycles. The summed E-state index contributed by atoms with van der Waals surface area (Å²) >= 11 is 0. The van der Waals surface area contributed by atoms with Crippen molar-refractivity contribution in [2.75, 3.05) is 20.7 Å². The first-order valence-electron chi connectivity index (χ1n) is 5.63. The molecule has 0 aliphatic heterocycles. The lowest BCUT2D eigenvalue weighted by Crippen LogP contribution is -2.62. The molecule has 0 aromatic carbocycles. The molecule has 0 radical (unpaired) electrons. The number of rotatable bonds is 7. The fraction of sp³-hybridized carbons (Fsp3) is 0.600. The molecule has 24 heavy (non-hydrogen) atoms. The minimum atomic E-state index is -6.41. The minimum absolute atomic E-state index is 0.176. The first kappa shape index (κ1) is 22.2. The number of likely N-dealkylation sites (N-methyl/N-ethyl adjacent to an activating group) is 1. The quantitative estimate of drug-likeness (QED) is 0.203. The van der Waals surface area contributed by atoms with Gasteiger partial charge in [-0.3, -0.25) is 4.79 Å². The molecule has 0 rings (SSSR count). The number of alkyl halides is 5. The Morgan fingerprint density at radius 3 is 1.96 bits per heavy atom. The van der Waals surface area contributed by atoms with Crippen LogP contribution in [0.15, 0.2) is 12.7 Å². The van der Waals surface area contributed by atoms with E-state index in [1.807, 2.05) is 0 Å². The number of ether oxygens (including phenoxy) is 2. The van der Waals surface area contributed by atoms with Gasteiger partial charge in [-0.25, -0.2) is 13.2 Å². The average Bonchev–Trinajstić information content (AvgIpc) is 2.39. The number of esters is 1. The average molecular weight is 384 g/mol. The Kier molecular flexibility index (Phi) is 6.46. The molecule has 0 bridgehead atoms. The van der Waals surface area contributed by atoms with Gasteiger partial charge in [0, 0.05) is 20.2 Å². The van der Waals surface area contributed by atoms with Crippen LogP contribution in [0.25, 0.3) is 0 Å². The molecule has 0 N–H and O–H groups in total. The lowest BCUT2D eigenvalue weighted by atomic mass is 10.2. The van der Waals surface area contributed by atoms with Crippen LogP contribution in [0.3, 0.4) is 0 Å². The van der Waals surface area contributed by atoms with Crippen LogP contribution in [0.5, 0.6) is 0 Å². The van der Waals surface area contributed by atoms with Crippen LogP contribution in [-0.2, 0) is 29.2 Å². The van der Waals surface area contributed by atoms with Crippen LogP contribution in [0.2, 0.25) is 0 Å². The molecule has 8 nitrogen and oxygen atoms in total. The van der Waals surface area contributed by atoms with Gasteiger partial charge in [0.1, 0.15) is 6.61 Å². The van der Waals surface area contributed by atoms with E-state index in [1.54, 1.807) is 0 Å². The Balaban J connectivity index is 6.06. The normalized spacial score (nSPS) is 15.3. The third kappa shape index (κ3) is 4.61. The van der Waals surface area contributed by atoms with Gasteiger partial charge in [0.25, 0.3) is 0 Å². The molecule has 0 aromatic rings. The van der Waals surface area contributed by atoms with Gasteiger partial charge in [0.2, 0.25) is 0 Å². The number of nitrogens with zero attached hydrogens (tertiary/aromatic N) is 1. The van der Waals surface area contributed by atoms with E-state index in [1.165, 1.54) is 0 Å². The van der Waals surface area contributed by atoms with Crippen molar-refractivity contribution in [1.29, 1.82) is 0 Å². The molecule has 140 valence electrons. The number of carbonyl (C=O) groups excluding carboxylic acids is 2. The van der Waals surface area contributed by atoms with Crippen molar-refractivity contribution in [3.63, 3.8) is 0 Å². The zero-order chi connectivity index (χ0) is 19.6. The maximum atomic E-state index is 13.2. The number of hydrogen-bond donors (Lipinski definition) is 0. The summed E-state index contributed by atoms with van der Waals surface area (Å²) in [5.41, 5.74) is 0. The number of amides is 1. The summed E-state index contributed by atoms with van der Waals surface area (Å²) in [7, 11) is -4.92. The summed E-state index contributed by atoms with van der Waals surface area (Å²) in [5.74, 6) is -8.64. The second-order valence-electron chi connectivity index (χ2n) is 4.32. The first-order chi connectivity index (χ1) is 10.5. The van der Waals surface area contributed by atoms with E-state index in [2.05, 4.69) is 16.1 Å². The van der Waals surface area contributed by atoms with E-state index in [0.717, 1.165) is 14.1 Å². The smallest absolute Gasteiger partial charge is 0.466 e. The van der Waals surface area contributed by atoms with Crippen molar-refractivity contribution in [3.8, 4) is 0 Å². The number of carbonyl (C=O) groups is 2. The third-order valence-corrected chi connectivity index (χ3v) is 3.13. The monoisotopic (exact) mass is 384 g/mol. The molecule has 1 unspecified atom stereocenters. The molecule has 0 aliphatic rings. The standard InChI is InChI=1S/C10H12F5NO7S/c1-4-6(17)23-9(10(13,14)15,7(18)16(2)3)22-5-8(11,12)24(19,20)21/h4H,1,5H2,2-3H3,(H,19,20,21)/p-1. The van der Waals surface area contributed by atoms with Gasteiger partial charge >= 0.3 is 29.1 Å². The van der Waals surface area contributed by atoms with E-state index in [9.17, 15) is 44.5 Å². The zero-order valence-electron chi connectivity index (χ0n) is 12.1. The van der Waals surface area contributed by atoms with Crippen LogP contribution in [0.1, 0.15) is 0 Å². The Hall–Kier alpha value is -1.80. The van der Waals surface area contributed by atoms with Gasteiger partial charge in [-0.1, -0.05) is 6.58 Å². The predicted molar refractivity (Wildman–Crippen MR) is 64.4 cm³/mol. The van der Waals surface area contributed by atoms with E-state index < -0.39 is 45.8 Å². The summed E-state index contributed by atoms with van der Waals surface area (Å²) in [5, 5.41) is -5.32. The summed E-state index contributed by atoms with van der Waals surface area (Å²) in [6, 6.07) is 0. The van der Waals surface area contributed by atoms with Gasteiger partial charge in [0.15, 0.2) is 10.1 Å². The van der Waals surface area contributed by atoms with Crippen molar-refractivity contribution in [3.05, 3.63) is 12.7 Å². The fourth-order valence-electron chi connectivity index (χ4n) is 1.13. The molecule has 1 atom stereocenters. The second kappa shape index (κ2) is 6.98. The largest absolute Gasteiger partial charge is 0.743 e. The molecule has 0 fully saturated rings. The molecule has 14 heteroatoms. The van der Waals surface area contributed by atoms with E-state index >= 15 is 0 Å². The second-order valence-corrected chi connectivity index (χ2v) is 5.82. The van der Waals surface area contributed by atoms with Gasteiger partial charge in [-0.05, 0) is 0 Å². The summed E-state index contributed by atoms with van der Waals surface area (Å²) < 4.78 is 104.